The minimum atomic E-state index is -0.362. The van der Waals surface area contributed by atoms with Crippen molar-refractivity contribution in [3.63, 3.8) is 0 Å². The number of rotatable bonds is 6. The van der Waals surface area contributed by atoms with Crippen LogP contribution < -0.4 is 5.32 Å². The van der Waals surface area contributed by atoms with Crippen LogP contribution in [0.3, 0.4) is 0 Å². The monoisotopic (exact) mass is 348 g/mol. The van der Waals surface area contributed by atoms with Crippen LogP contribution in [0.25, 0.3) is 0 Å². The molecule has 1 N–H and O–H groups in total. The molecule has 0 fully saturated rings. The number of nitro benzene ring substituents is 1. The summed E-state index contributed by atoms with van der Waals surface area (Å²) in [6.07, 6.45) is 2.02. The minimum absolute atomic E-state index is 0.136. The SMILES string of the molecule is Cc1cc(NCCCc2ccccc2)c(Br)cc1[N+](=O)[O-]. The van der Waals surface area contributed by atoms with Crippen molar-refractivity contribution in [2.45, 2.75) is 19.8 Å². The van der Waals surface area contributed by atoms with E-state index < -0.39 is 0 Å². The third-order valence-electron chi connectivity index (χ3n) is 3.28. The van der Waals surface area contributed by atoms with Crippen molar-refractivity contribution in [1.29, 1.82) is 0 Å². The molecule has 0 aromatic heterocycles. The summed E-state index contributed by atoms with van der Waals surface area (Å²) in [5.41, 5.74) is 3.01. The molecule has 0 aliphatic rings. The topological polar surface area (TPSA) is 55.2 Å². The van der Waals surface area contributed by atoms with Crippen LogP contribution in [0.1, 0.15) is 17.5 Å². The smallest absolute Gasteiger partial charge is 0.273 e. The highest BCUT2D eigenvalue weighted by molar-refractivity contribution is 9.10. The van der Waals surface area contributed by atoms with E-state index >= 15 is 0 Å². The van der Waals surface area contributed by atoms with Crippen molar-refractivity contribution < 1.29 is 4.92 Å². The first-order valence-corrected chi connectivity index (χ1v) is 7.59. The molecule has 0 atom stereocenters. The highest BCUT2D eigenvalue weighted by Crippen LogP contribution is 2.30. The summed E-state index contributed by atoms with van der Waals surface area (Å²) in [7, 11) is 0. The third-order valence-corrected chi connectivity index (χ3v) is 3.94. The second-order valence-electron chi connectivity index (χ2n) is 4.89. The van der Waals surface area contributed by atoms with E-state index in [1.165, 1.54) is 5.56 Å². The second-order valence-corrected chi connectivity index (χ2v) is 5.75. The highest BCUT2D eigenvalue weighted by Gasteiger charge is 2.13. The Kier molecular flexibility index (Phi) is 5.33. The van der Waals surface area contributed by atoms with Crippen molar-refractivity contribution in [3.8, 4) is 0 Å². The van der Waals surface area contributed by atoms with Gasteiger partial charge in [0.25, 0.3) is 5.69 Å². The fourth-order valence-corrected chi connectivity index (χ4v) is 2.63. The predicted octanol–water partition coefficient (Wildman–Crippen LogP) is 4.71. The van der Waals surface area contributed by atoms with Crippen LogP contribution in [0.2, 0.25) is 0 Å². The summed E-state index contributed by atoms with van der Waals surface area (Å²) in [5.74, 6) is 0. The van der Waals surface area contributed by atoms with Crippen LogP contribution in [0.4, 0.5) is 11.4 Å². The number of halogens is 1. The fourth-order valence-electron chi connectivity index (χ4n) is 2.16. The van der Waals surface area contributed by atoms with Crippen LogP contribution in [0.15, 0.2) is 46.9 Å². The van der Waals surface area contributed by atoms with Gasteiger partial charge in [-0.2, -0.15) is 0 Å². The predicted molar refractivity (Wildman–Crippen MR) is 88.8 cm³/mol. The van der Waals surface area contributed by atoms with Gasteiger partial charge in [-0.25, -0.2) is 0 Å². The number of hydrogen-bond donors (Lipinski definition) is 1. The maximum Gasteiger partial charge on any atom is 0.273 e. The van der Waals surface area contributed by atoms with Crippen molar-refractivity contribution in [1.82, 2.24) is 0 Å². The maximum absolute atomic E-state index is 10.9. The highest BCUT2D eigenvalue weighted by atomic mass is 79.9. The molecular formula is C16H17BrN2O2. The lowest BCUT2D eigenvalue weighted by atomic mass is 10.1. The summed E-state index contributed by atoms with van der Waals surface area (Å²) in [5, 5.41) is 14.2. The first-order chi connectivity index (χ1) is 10.1. The van der Waals surface area contributed by atoms with Gasteiger partial charge in [0.2, 0.25) is 0 Å². The molecule has 0 saturated heterocycles. The number of nitro groups is 1. The molecule has 0 aliphatic carbocycles. The van der Waals surface area contributed by atoms with Gasteiger partial charge < -0.3 is 5.32 Å². The van der Waals surface area contributed by atoms with E-state index in [2.05, 4.69) is 33.4 Å². The first kappa shape index (κ1) is 15.5. The zero-order valence-corrected chi connectivity index (χ0v) is 13.4. The van der Waals surface area contributed by atoms with E-state index in [0.717, 1.165) is 29.5 Å². The molecule has 0 aliphatic heterocycles. The summed E-state index contributed by atoms with van der Waals surface area (Å²) in [6, 6.07) is 13.7. The van der Waals surface area contributed by atoms with Crippen LogP contribution >= 0.6 is 15.9 Å². The van der Waals surface area contributed by atoms with Crippen molar-refractivity contribution in [2.24, 2.45) is 0 Å². The van der Waals surface area contributed by atoms with Crippen LogP contribution in [-0.2, 0) is 6.42 Å². The number of hydrogen-bond acceptors (Lipinski definition) is 3. The van der Waals surface area contributed by atoms with Crippen molar-refractivity contribution >= 4 is 27.3 Å². The summed E-state index contributed by atoms with van der Waals surface area (Å²) in [6.45, 7) is 2.57. The van der Waals surface area contributed by atoms with Gasteiger partial charge in [-0.1, -0.05) is 30.3 Å². The molecule has 2 aromatic carbocycles. The van der Waals surface area contributed by atoms with E-state index in [1.807, 2.05) is 24.3 Å². The Balaban J connectivity index is 1.92. The molecule has 0 bridgehead atoms. The maximum atomic E-state index is 10.9. The Morgan fingerprint density at radius 2 is 1.95 bits per heavy atom. The van der Waals surface area contributed by atoms with E-state index in [0.29, 0.717) is 5.56 Å². The van der Waals surface area contributed by atoms with Gasteiger partial charge in [0.1, 0.15) is 0 Å². The zero-order chi connectivity index (χ0) is 15.2. The number of benzene rings is 2. The van der Waals surface area contributed by atoms with Gasteiger partial charge in [0.15, 0.2) is 0 Å². The molecule has 21 heavy (non-hydrogen) atoms. The molecule has 0 amide bonds. The van der Waals surface area contributed by atoms with E-state index in [4.69, 9.17) is 0 Å². The average molecular weight is 349 g/mol. The Labute approximate surface area is 132 Å². The Morgan fingerprint density at radius 3 is 2.62 bits per heavy atom. The van der Waals surface area contributed by atoms with Crippen LogP contribution in [-0.4, -0.2) is 11.5 Å². The second kappa shape index (κ2) is 7.22. The first-order valence-electron chi connectivity index (χ1n) is 6.80. The number of anilines is 1. The summed E-state index contributed by atoms with van der Waals surface area (Å²) < 4.78 is 0.722. The van der Waals surface area contributed by atoms with Crippen LogP contribution in [0, 0.1) is 17.0 Å². The zero-order valence-electron chi connectivity index (χ0n) is 11.8. The summed E-state index contributed by atoms with van der Waals surface area (Å²) >= 11 is 3.38. The molecule has 0 saturated carbocycles. The molecule has 0 unspecified atom stereocenters. The standard InChI is InChI=1S/C16H17BrN2O2/c1-12-10-15(14(17)11-16(12)19(20)21)18-9-5-8-13-6-3-2-4-7-13/h2-4,6-7,10-11,18H,5,8-9H2,1H3. The lowest BCUT2D eigenvalue weighted by Gasteiger charge is -2.10. The fraction of sp³-hybridized carbons (Fsp3) is 0.250. The number of nitrogens with one attached hydrogen (secondary N) is 1. The van der Waals surface area contributed by atoms with E-state index in [1.54, 1.807) is 13.0 Å². The number of aryl methyl sites for hydroxylation is 2. The largest absolute Gasteiger partial charge is 0.384 e. The molecule has 5 heteroatoms. The lowest BCUT2D eigenvalue weighted by Crippen LogP contribution is -2.04. The molecule has 0 heterocycles. The van der Waals surface area contributed by atoms with Gasteiger partial charge >= 0.3 is 0 Å². The molecular weight excluding hydrogens is 332 g/mol. The van der Waals surface area contributed by atoms with Crippen LogP contribution in [0.5, 0.6) is 0 Å². The Hall–Kier alpha value is -1.88. The summed E-state index contributed by atoms with van der Waals surface area (Å²) in [4.78, 5) is 10.5. The van der Waals surface area contributed by atoms with Crippen molar-refractivity contribution in [3.05, 3.63) is 68.2 Å². The molecule has 110 valence electrons. The Bertz CT molecular complexity index is 630. The average Bonchev–Trinajstić information content (AvgIpc) is 2.47. The molecule has 2 aromatic rings. The lowest BCUT2D eigenvalue weighted by molar-refractivity contribution is -0.385. The normalized spacial score (nSPS) is 10.4. The van der Waals surface area contributed by atoms with Gasteiger partial charge in [0, 0.05) is 28.3 Å². The molecule has 0 spiro atoms. The quantitative estimate of drug-likeness (QED) is 0.467. The van der Waals surface area contributed by atoms with Gasteiger partial charge in [-0.05, 0) is 47.3 Å². The minimum Gasteiger partial charge on any atom is -0.384 e. The third kappa shape index (κ3) is 4.29. The van der Waals surface area contributed by atoms with Gasteiger partial charge in [0.05, 0.1) is 4.92 Å². The van der Waals surface area contributed by atoms with Crippen molar-refractivity contribution in [2.75, 3.05) is 11.9 Å². The van der Waals surface area contributed by atoms with Gasteiger partial charge in [-0.3, -0.25) is 10.1 Å². The number of nitrogens with zero attached hydrogens (tertiary/aromatic N) is 1. The molecule has 0 radical (unpaired) electrons. The van der Waals surface area contributed by atoms with E-state index in [9.17, 15) is 10.1 Å². The molecule has 4 nitrogen and oxygen atoms in total. The van der Waals surface area contributed by atoms with Gasteiger partial charge in [-0.15, -0.1) is 0 Å². The molecule has 2 rings (SSSR count). The van der Waals surface area contributed by atoms with E-state index in [-0.39, 0.29) is 10.6 Å². The Morgan fingerprint density at radius 1 is 1.24 bits per heavy atom.